The van der Waals surface area contributed by atoms with E-state index in [1.807, 2.05) is 6.20 Å². The van der Waals surface area contributed by atoms with Gasteiger partial charge in [-0.3, -0.25) is 4.98 Å². The average molecular weight is 1870 g/mol. The van der Waals surface area contributed by atoms with Crippen LogP contribution in [0.2, 0.25) is 0 Å². The number of aromatic nitrogens is 4. The molecule has 0 amide bonds. The van der Waals surface area contributed by atoms with Crippen LogP contribution in [-0.2, 0) is 42.8 Å². The number of aryl methyl sites for hydroxylation is 10. The number of nitrogens with zero attached hydrogens (tertiary/aromatic N) is 4. The second-order valence-electron chi connectivity index (χ2n) is 45.7. The molecule has 142 heavy (non-hydrogen) atoms. The lowest BCUT2D eigenvalue weighted by molar-refractivity contribution is -0.660. The van der Waals surface area contributed by atoms with Crippen molar-refractivity contribution >= 4 is 87.8 Å². The molecule has 5 aliphatic rings. The molecule has 1 saturated carbocycles. The van der Waals surface area contributed by atoms with Crippen LogP contribution >= 0.6 is 0 Å². The Morgan fingerprint density at radius 3 is 1.13 bits per heavy atom. The third-order valence-corrected chi connectivity index (χ3v) is 33.4. The fourth-order valence-electron chi connectivity index (χ4n) is 27.3. The van der Waals surface area contributed by atoms with Gasteiger partial charge in [-0.2, -0.15) is 0 Å². The predicted molar refractivity (Wildman–Crippen MR) is 592 cm³/mol. The molecule has 714 valence electrons. The van der Waals surface area contributed by atoms with E-state index in [4.69, 9.17) is 22.7 Å². The maximum absolute atomic E-state index is 6.82. The van der Waals surface area contributed by atoms with E-state index in [0.717, 1.165) is 68.8 Å². The Labute approximate surface area is 839 Å². The summed E-state index contributed by atoms with van der Waals surface area (Å²) in [5, 5.41) is 9.99. The van der Waals surface area contributed by atoms with Gasteiger partial charge in [0.25, 0.3) is 0 Å². The van der Waals surface area contributed by atoms with Crippen LogP contribution in [0.1, 0.15) is 279 Å². The van der Waals surface area contributed by atoms with E-state index in [-0.39, 0.29) is 21.7 Å². The third kappa shape index (κ3) is 14.4. The highest BCUT2D eigenvalue weighted by Crippen LogP contribution is 2.63. The van der Waals surface area contributed by atoms with Crippen LogP contribution in [-0.4, -0.2) is 4.98 Å². The van der Waals surface area contributed by atoms with E-state index in [1.165, 1.54) is 253 Å². The monoisotopic (exact) mass is 1870 g/mol. The first-order valence-electron chi connectivity index (χ1n) is 52.4. The van der Waals surface area contributed by atoms with Crippen LogP contribution in [0.25, 0.3) is 177 Å². The van der Waals surface area contributed by atoms with E-state index in [0.29, 0.717) is 35.5 Å². The normalized spacial score (nSPS) is 14.7. The highest BCUT2D eigenvalue weighted by atomic mass is 16.3. The van der Waals surface area contributed by atoms with Crippen molar-refractivity contribution in [1.29, 1.82) is 0 Å². The van der Waals surface area contributed by atoms with Crippen LogP contribution in [0.5, 0.6) is 0 Å². The van der Waals surface area contributed by atoms with Gasteiger partial charge in [-0.1, -0.05) is 293 Å². The maximum Gasteiger partial charge on any atom is 0.216 e. The molecular weight excluding hydrogens is 1730 g/mol. The van der Waals surface area contributed by atoms with Gasteiger partial charge in [0.05, 0.1) is 22.4 Å². The SMILES string of the molecule is Cc1c[n+](C)c(-c2c(C)ccc3c2oc2ccc4c(c23)-c2ccccc2C4(C)C)cc1C(C)C.Cc1c[n+](C)c(-c2c(C)ccc3c2oc2ccc4c(c23)C(C)(C)c2ccccc2-4)cc1C(C)C.Cc1c[n+](C)c(-c2c(C)ccc3c2oc2ccc4c(c23)C2(CCCC2)c2ccccc2-4)cc1C(C)C.Cc1cnc(-c2cccc3c2oc2ccc4c(c23)C(CC(C)C)(CC(C)C)c2ccccc2-4)cc1C(C)C. The summed E-state index contributed by atoms with van der Waals surface area (Å²) in [5.41, 5.74) is 54.1. The summed E-state index contributed by atoms with van der Waals surface area (Å²) in [6.45, 7) is 52.3. The summed E-state index contributed by atoms with van der Waals surface area (Å²) in [5.74, 6) is 3.01. The van der Waals surface area contributed by atoms with Gasteiger partial charge in [0.2, 0.25) is 17.1 Å². The lowest BCUT2D eigenvalue weighted by atomic mass is 9.67. The first-order valence-corrected chi connectivity index (χ1v) is 52.4. The molecule has 8 heterocycles. The van der Waals surface area contributed by atoms with E-state index in [1.54, 1.807) is 0 Å². The van der Waals surface area contributed by atoms with Crippen molar-refractivity contribution in [2.75, 3.05) is 0 Å². The zero-order chi connectivity index (χ0) is 99.4. The molecule has 5 aliphatic carbocycles. The van der Waals surface area contributed by atoms with Crippen molar-refractivity contribution in [3.05, 3.63) is 355 Å². The minimum absolute atomic E-state index is 0.0210. The summed E-state index contributed by atoms with van der Waals surface area (Å²) in [7, 11) is 6.45. The second kappa shape index (κ2) is 34.7. The number of benzene rings is 12. The van der Waals surface area contributed by atoms with Crippen molar-refractivity contribution in [1.82, 2.24) is 4.98 Å². The molecule has 0 N–H and O–H groups in total. The van der Waals surface area contributed by atoms with Crippen LogP contribution in [0.3, 0.4) is 0 Å². The number of pyridine rings is 4. The van der Waals surface area contributed by atoms with E-state index in [2.05, 4.69) is 437 Å². The van der Waals surface area contributed by atoms with Gasteiger partial charge in [-0.05, 0) is 280 Å². The molecule has 8 aromatic heterocycles. The maximum atomic E-state index is 6.82. The molecule has 25 rings (SSSR count). The van der Waals surface area contributed by atoms with Crippen molar-refractivity contribution in [2.24, 2.45) is 33.0 Å². The molecule has 0 saturated heterocycles. The van der Waals surface area contributed by atoms with E-state index >= 15 is 0 Å². The number of fused-ring (bicyclic) bond motifs is 30. The quantitative estimate of drug-likeness (QED) is 0.114. The molecule has 8 heteroatoms. The predicted octanol–water partition coefficient (Wildman–Crippen LogP) is 35.3. The third-order valence-electron chi connectivity index (χ3n) is 33.4. The summed E-state index contributed by atoms with van der Waals surface area (Å²) in [4.78, 5) is 4.86. The van der Waals surface area contributed by atoms with Gasteiger partial charge in [0.1, 0.15) is 65.8 Å². The summed E-state index contributed by atoms with van der Waals surface area (Å²) in [6.07, 6.45) is 16.1. The van der Waals surface area contributed by atoms with Crippen molar-refractivity contribution in [2.45, 2.75) is 243 Å². The average Bonchev–Trinajstić information content (AvgIpc) is 1.53. The Kier molecular flexibility index (Phi) is 22.8. The van der Waals surface area contributed by atoms with Crippen molar-refractivity contribution in [3.63, 3.8) is 0 Å². The first-order chi connectivity index (χ1) is 68.0. The molecule has 0 radical (unpaired) electrons. The Morgan fingerprint density at radius 2 is 0.655 bits per heavy atom. The van der Waals surface area contributed by atoms with Crippen LogP contribution in [0.15, 0.2) is 267 Å². The molecule has 8 nitrogen and oxygen atoms in total. The number of hydrogen-bond donors (Lipinski definition) is 0. The Hall–Kier alpha value is -13.6. The topological polar surface area (TPSA) is 77.1 Å². The van der Waals surface area contributed by atoms with Crippen LogP contribution in [0.4, 0.5) is 0 Å². The standard InChI is InChI=1S/C36H39NO.C34H34NO.2C32H32NO/c1-21(2)18-36(19-22(3)4)30-14-9-8-11-25(30)26-15-16-32-33(34(26)36)28-13-10-12-27(35(28)38-32)31-17-29(23(5)6)24(7)20-37-31;1-20(2)26-18-28(35(5)19-22(26)4)30-21(3)12-13-25-31-29(36-33(25)30)15-14-24-23-10-6-7-11-27(23)34(32(24)31)16-8-9-17-34;1-18(2)24-16-26(33(7)17-20(24)4)28-19(3)12-13-23-29-27(34-31(23)28)15-14-22-21-10-8-9-11-25(21)32(5,6)30(22)29;1-18(2)23-16-26(33(7)17-20(23)4)28-19(3)12-13-22-30-27(34-31(22)28)15-14-25-29(30)21-10-8-9-11-24(21)32(25,5)6/h8-17,20-23H,18-19H2,1-7H3;6-7,10-15,18-20H,8-9,16-17H2,1-5H3;2*8-18H,1-7H3/q;3*+1. The van der Waals surface area contributed by atoms with Gasteiger partial charge in [0.15, 0.2) is 18.6 Å². The molecule has 1 fully saturated rings. The summed E-state index contributed by atoms with van der Waals surface area (Å²) in [6, 6.07) is 83.4. The molecule has 0 aliphatic heterocycles. The molecule has 0 atom stereocenters. The van der Waals surface area contributed by atoms with Gasteiger partial charge in [-0.15, -0.1) is 0 Å². The van der Waals surface area contributed by atoms with Crippen LogP contribution in [0, 0.1) is 60.3 Å². The molecular formula is C134H137N4O4+3. The smallest absolute Gasteiger partial charge is 0.216 e. The zero-order valence-corrected chi connectivity index (χ0v) is 88.3. The van der Waals surface area contributed by atoms with Crippen molar-refractivity contribution < 1.29 is 31.4 Å². The zero-order valence-electron chi connectivity index (χ0n) is 88.3. The van der Waals surface area contributed by atoms with Crippen molar-refractivity contribution in [3.8, 4) is 89.5 Å². The number of hydrogen-bond acceptors (Lipinski definition) is 5. The lowest BCUT2D eigenvalue weighted by Gasteiger charge is -2.36. The Morgan fingerprint density at radius 1 is 0.296 bits per heavy atom. The van der Waals surface area contributed by atoms with E-state index in [9.17, 15) is 0 Å². The molecule has 0 bridgehead atoms. The minimum Gasteiger partial charge on any atom is -0.455 e. The van der Waals surface area contributed by atoms with Gasteiger partial charge in [0, 0.05) is 111 Å². The highest BCUT2D eigenvalue weighted by Gasteiger charge is 2.50. The van der Waals surface area contributed by atoms with Gasteiger partial charge < -0.3 is 17.7 Å². The number of para-hydroxylation sites is 1. The Balaban J connectivity index is 0.000000109. The van der Waals surface area contributed by atoms with E-state index < -0.39 is 0 Å². The second-order valence-corrected chi connectivity index (χ2v) is 45.7. The largest absolute Gasteiger partial charge is 0.455 e. The minimum atomic E-state index is -0.0768. The fourth-order valence-corrected chi connectivity index (χ4v) is 27.3. The Bertz CT molecular complexity index is 8610. The number of rotatable bonds is 12. The highest BCUT2D eigenvalue weighted by molar-refractivity contribution is 6.20. The summed E-state index contributed by atoms with van der Waals surface area (Å²) < 4.78 is 33.8. The molecule has 20 aromatic rings. The molecule has 12 aromatic carbocycles. The number of furan rings is 4. The van der Waals surface area contributed by atoms with Gasteiger partial charge in [-0.25, -0.2) is 13.7 Å². The first kappa shape index (κ1) is 93.4. The molecule has 1 spiro atoms. The lowest BCUT2D eigenvalue weighted by Crippen LogP contribution is -2.32. The summed E-state index contributed by atoms with van der Waals surface area (Å²) >= 11 is 0. The fraction of sp³-hybridized carbons (Fsp3) is 0.313. The van der Waals surface area contributed by atoms with Crippen LogP contribution < -0.4 is 13.7 Å². The van der Waals surface area contributed by atoms with Gasteiger partial charge >= 0.3 is 0 Å². The molecule has 0 unspecified atom stereocenters.